The summed E-state index contributed by atoms with van der Waals surface area (Å²) in [6.45, 7) is 3.97. The predicted molar refractivity (Wildman–Crippen MR) is 63.6 cm³/mol. The van der Waals surface area contributed by atoms with E-state index < -0.39 is 0 Å². The smallest absolute Gasteiger partial charge is 0.262 e. The first kappa shape index (κ1) is 12.8. The van der Waals surface area contributed by atoms with Crippen molar-refractivity contribution in [1.29, 1.82) is 5.26 Å². The molecule has 0 heterocycles. The largest absolute Gasteiger partial charge is 0.349 e. The summed E-state index contributed by atoms with van der Waals surface area (Å²) in [5.74, 6) is -0.173. The molecule has 0 radical (unpaired) electrons. The Labute approximate surface area is 97.5 Å². The molecule has 3 nitrogen and oxygen atoms in total. The Bertz CT molecular complexity index is 313. The van der Waals surface area contributed by atoms with Gasteiger partial charge < -0.3 is 5.32 Å². The number of carbonyl (C=O) groups excluding carboxylic acids is 1. The van der Waals surface area contributed by atoms with Crippen molar-refractivity contribution in [3.63, 3.8) is 0 Å². The molecule has 0 spiro atoms. The lowest BCUT2D eigenvalue weighted by atomic mass is 10.0. The Balaban J connectivity index is 2.69. The van der Waals surface area contributed by atoms with Crippen LogP contribution in [-0.4, -0.2) is 11.9 Å². The highest BCUT2D eigenvalue weighted by Gasteiger charge is 2.20. The van der Waals surface area contributed by atoms with E-state index in [-0.39, 0.29) is 11.9 Å². The van der Waals surface area contributed by atoms with Crippen molar-refractivity contribution in [2.75, 3.05) is 0 Å². The molecule has 3 heteroatoms. The fourth-order valence-electron chi connectivity index (χ4n) is 2.22. The molecule has 1 rings (SSSR count). The highest BCUT2D eigenvalue weighted by Crippen LogP contribution is 2.19. The third-order valence-electron chi connectivity index (χ3n) is 3.24. The molecular formula is C13H20N2O. The van der Waals surface area contributed by atoms with Crippen LogP contribution >= 0.6 is 0 Å². The maximum atomic E-state index is 11.9. The van der Waals surface area contributed by atoms with Crippen LogP contribution in [0.1, 0.15) is 52.4 Å². The predicted octanol–water partition coefficient (Wildman–Crippen LogP) is 2.69. The summed E-state index contributed by atoms with van der Waals surface area (Å²) in [5, 5.41) is 12.0. The van der Waals surface area contributed by atoms with Gasteiger partial charge in [0.1, 0.15) is 11.6 Å². The molecule has 0 saturated heterocycles. The summed E-state index contributed by atoms with van der Waals surface area (Å²) in [5.41, 5.74) is 1.29. The lowest BCUT2D eigenvalue weighted by Crippen LogP contribution is -2.33. The zero-order valence-corrected chi connectivity index (χ0v) is 10.2. The first-order chi connectivity index (χ1) is 7.72. The van der Waals surface area contributed by atoms with Gasteiger partial charge in [0, 0.05) is 6.04 Å². The van der Waals surface area contributed by atoms with Gasteiger partial charge in [-0.3, -0.25) is 4.79 Å². The minimum atomic E-state index is -0.173. The zero-order chi connectivity index (χ0) is 12.0. The SMILES string of the molecule is CCC(CC)=C(C#N)C(=O)NC1CCCC1. The monoisotopic (exact) mass is 220 g/mol. The number of nitriles is 1. The van der Waals surface area contributed by atoms with Gasteiger partial charge >= 0.3 is 0 Å². The fourth-order valence-corrected chi connectivity index (χ4v) is 2.22. The molecule has 1 aliphatic carbocycles. The molecule has 0 bridgehead atoms. The molecule has 0 unspecified atom stereocenters. The van der Waals surface area contributed by atoms with E-state index >= 15 is 0 Å². The summed E-state index contributed by atoms with van der Waals surface area (Å²) < 4.78 is 0. The van der Waals surface area contributed by atoms with E-state index in [2.05, 4.69) is 5.32 Å². The topological polar surface area (TPSA) is 52.9 Å². The van der Waals surface area contributed by atoms with Gasteiger partial charge in [-0.15, -0.1) is 0 Å². The van der Waals surface area contributed by atoms with E-state index in [0.29, 0.717) is 5.57 Å². The van der Waals surface area contributed by atoms with Crippen LogP contribution in [0.2, 0.25) is 0 Å². The van der Waals surface area contributed by atoms with Gasteiger partial charge in [0.25, 0.3) is 5.91 Å². The number of carbonyl (C=O) groups is 1. The van der Waals surface area contributed by atoms with Crippen molar-refractivity contribution in [2.24, 2.45) is 0 Å². The van der Waals surface area contributed by atoms with E-state index in [0.717, 1.165) is 31.3 Å². The maximum absolute atomic E-state index is 11.9. The number of rotatable bonds is 4. The van der Waals surface area contributed by atoms with E-state index in [1.807, 2.05) is 19.9 Å². The van der Waals surface area contributed by atoms with Crippen molar-refractivity contribution in [2.45, 2.75) is 58.4 Å². The van der Waals surface area contributed by atoms with Gasteiger partial charge in [-0.1, -0.05) is 26.7 Å². The van der Waals surface area contributed by atoms with Crippen LogP contribution in [0.4, 0.5) is 0 Å². The Kier molecular flexibility index (Phi) is 5.04. The van der Waals surface area contributed by atoms with Crippen LogP contribution in [0.25, 0.3) is 0 Å². The summed E-state index contributed by atoms with van der Waals surface area (Å²) in [7, 11) is 0. The maximum Gasteiger partial charge on any atom is 0.262 e. The molecule has 1 aliphatic rings. The molecule has 88 valence electrons. The molecule has 0 aromatic rings. The second-order valence-corrected chi connectivity index (χ2v) is 4.25. The highest BCUT2D eigenvalue weighted by molar-refractivity contribution is 5.98. The number of amides is 1. The Hall–Kier alpha value is -1.30. The minimum Gasteiger partial charge on any atom is -0.349 e. The average molecular weight is 220 g/mol. The van der Waals surface area contributed by atoms with Crippen molar-refractivity contribution in [3.8, 4) is 6.07 Å². The molecule has 0 aromatic heterocycles. The van der Waals surface area contributed by atoms with E-state index in [9.17, 15) is 4.79 Å². The third kappa shape index (κ3) is 3.10. The van der Waals surface area contributed by atoms with Crippen LogP contribution in [0.15, 0.2) is 11.1 Å². The minimum absolute atomic E-state index is 0.173. The molecule has 0 aromatic carbocycles. The van der Waals surface area contributed by atoms with Gasteiger partial charge in [-0.2, -0.15) is 5.26 Å². The van der Waals surface area contributed by atoms with Crippen molar-refractivity contribution in [1.82, 2.24) is 5.32 Å². The average Bonchev–Trinajstić information content (AvgIpc) is 2.78. The lowest BCUT2D eigenvalue weighted by molar-refractivity contribution is -0.117. The number of nitrogens with zero attached hydrogens (tertiary/aromatic N) is 1. The molecule has 1 amide bonds. The van der Waals surface area contributed by atoms with Gasteiger partial charge in [0.2, 0.25) is 0 Å². The third-order valence-corrected chi connectivity index (χ3v) is 3.24. The van der Waals surface area contributed by atoms with Gasteiger partial charge in [0.15, 0.2) is 0 Å². The van der Waals surface area contributed by atoms with Crippen LogP contribution in [0.5, 0.6) is 0 Å². The molecule has 1 saturated carbocycles. The van der Waals surface area contributed by atoms with Crippen LogP contribution in [0.3, 0.4) is 0 Å². The van der Waals surface area contributed by atoms with Gasteiger partial charge in [0.05, 0.1) is 0 Å². The number of hydrogen-bond donors (Lipinski definition) is 1. The van der Waals surface area contributed by atoms with Crippen LogP contribution < -0.4 is 5.32 Å². The second-order valence-electron chi connectivity index (χ2n) is 4.25. The highest BCUT2D eigenvalue weighted by atomic mass is 16.1. The van der Waals surface area contributed by atoms with E-state index in [1.54, 1.807) is 0 Å². The fraction of sp³-hybridized carbons (Fsp3) is 0.692. The van der Waals surface area contributed by atoms with E-state index in [4.69, 9.17) is 5.26 Å². The van der Waals surface area contributed by atoms with E-state index in [1.165, 1.54) is 12.8 Å². The number of nitrogens with one attached hydrogen (secondary N) is 1. The summed E-state index contributed by atoms with van der Waals surface area (Å²) in [4.78, 5) is 11.9. The van der Waals surface area contributed by atoms with Crippen molar-refractivity contribution in [3.05, 3.63) is 11.1 Å². The van der Waals surface area contributed by atoms with Crippen molar-refractivity contribution < 1.29 is 4.79 Å². The quantitative estimate of drug-likeness (QED) is 0.585. The molecule has 1 N–H and O–H groups in total. The first-order valence-corrected chi connectivity index (χ1v) is 6.15. The Morgan fingerprint density at radius 1 is 1.31 bits per heavy atom. The summed E-state index contributed by atoms with van der Waals surface area (Å²) in [6, 6.07) is 2.33. The van der Waals surface area contributed by atoms with Crippen LogP contribution in [0, 0.1) is 11.3 Å². The number of hydrogen-bond acceptors (Lipinski definition) is 2. The Morgan fingerprint density at radius 2 is 1.88 bits per heavy atom. The molecule has 0 aliphatic heterocycles. The lowest BCUT2D eigenvalue weighted by Gasteiger charge is -2.12. The summed E-state index contributed by atoms with van der Waals surface area (Å²) in [6.07, 6.45) is 6.03. The summed E-state index contributed by atoms with van der Waals surface area (Å²) >= 11 is 0. The first-order valence-electron chi connectivity index (χ1n) is 6.15. The number of allylic oxidation sites excluding steroid dienone is 1. The molecule has 16 heavy (non-hydrogen) atoms. The Morgan fingerprint density at radius 3 is 2.31 bits per heavy atom. The normalized spacial score (nSPS) is 15.6. The molecular weight excluding hydrogens is 200 g/mol. The molecule has 1 fully saturated rings. The van der Waals surface area contributed by atoms with Gasteiger partial charge in [-0.05, 0) is 31.3 Å². The second kappa shape index (κ2) is 6.32. The zero-order valence-electron chi connectivity index (χ0n) is 10.2. The standard InChI is InChI=1S/C13H20N2O/c1-3-10(4-2)12(9-14)13(16)15-11-7-5-6-8-11/h11H,3-8H2,1-2H3,(H,15,16). The molecule has 0 atom stereocenters. The van der Waals surface area contributed by atoms with Gasteiger partial charge in [-0.25, -0.2) is 0 Å². The van der Waals surface area contributed by atoms with Crippen LogP contribution in [-0.2, 0) is 4.79 Å². The van der Waals surface area contributed by atoms with Crippen molar-refractivity contribution >= 4 is 5.91 Å².